The number of benzene rings is 1. The van der Waals surface area contributed by atoms with Crippen LogP contribution in [0, 0.1) is 0 Å². The molecule has 0 bridgehead atoms. The zero-order chi connectivity index (χ0) is 15.7. The number of pyridine rings is 1. The van der Waals surface area contributed by atoms with E-state index in [-0.39, 0.29) is 17.0 Å². The molecule has 0 aliphatic carbocycles. The smallest absolute Gasteiger partial charge is 0.248 e. The molecule has 3 rings (SSSR count). The monoisotopic (exact) mass is 318 g/mol. The Morgan fingerprint density at radius 2 is 2.00 bits per heavy atom. The number of aromatic nitrogens is 1. The van der Waals surface area contributed by atoms with Crippen molar-refractivity contribution in [2.45, 2.75) is 11.4 Å². The first-order chi connectivity index (χ1) is 10.5. The maximum Gasteiger partial charge on any atom is 0.248 e. The molecule has 0 saturated heterocycles. The van der Waals surface area contributed by atoms with Crippen molar-refractivity contribution in [3.63, 3.8) is 0 Å². The molecule has 1 aromatic carbocycles. The van der Waals surface area contributed by atoms with Gasteiger partial charge in [-0.2, -0.15) is 4.31 Å². The Balaban J connectivity index is 1.97. The summed E-state index contributed by atoms with van der Waals surface area (Å²) in [5, 5.41) is 0.659. The summed E-state index contributed by atoms with van der Waals surface area (Å²) in [6.07, 6.45) is 1.50. The van der Waals surface area contributed by atoms with Gasteiger partial charge in [-0.3, -0.25) is 4.79 Å². The van der Waals surface area contributed by atoms with Crippen LogP contribution in [0.3, 0.4) is 0 Å². The van der Waals surface area contributed by atoms with E-state index in [1.807, 2.05) is 0 Å². The van der Waals surface area contributed by atoms with Gasteiger partial charge in [0.2, 0.25) is 15.6 Å². The highest BCUT2D eigenvalue weighted by Gasteiger charge is 2.22. The van der Waals surface area contributed by atoms with Crippen LogP contribution in [0.1, 0.15) is 5.76 Å². The zero-order valence-corrected chi connectivity index (χ0v) is 12.6. The van der Waals surface area contributed by atoms with Gasteiger partial charge in [-0.25, -0.2) is 8.42 Å². The van der Waals surface area contributed by atoms with Crippen LogP contribution in [0.5, 0.6) is 0 Å². The summed E-state index contributed by atoms with van der Waals surface area (Å²) in [5.41, 5.74) is 0.373. The Kier molecular flexibility index (Phi) is 3.59. The highest BCUT2D eigenvalue weighted by atomic mass is 32.2. The van der Waals surface area contributed by atoms with E-state index in [0.717, 1.165) is 0 Å². The molecule has 0 atom stereocenters. The number of H-pyrrole nitrogens is 1. The molecular weight excluding hydrogens is 304 g/mol. The van der Waals surface area contributed by atoms with Crippen LogP contribution in [-0.4, -0.2) is 24.8 Å². The molecule has 0 fully saturated rings. The fourth-order valence-electron chi connectivity index (χ4n) is 2.18. The Morgan fingerprint density at radius 3 is 2.73 bits per heavy atom. The number of hydrogen-bond acceptors (Lipinski definition) is 4. The van der Waals surface area contributed by atoms with E-state index < -0.39 is 10.0 Å². The number of nitrogens with zero attached hydrogens (tertiary/aromatic N) is 1. The number of furan rings is 1. The fourth-order valence-corrected chi connectivity index (χ4v) is 3.35. The summed E-state index contributed by atoms with van der Waals surface area (Å²) in [6.45, 7) is 0.152. The predicted octanol–water partition coefficient (Wildman–Crippen LogP) is 1.94. The van der Waals surface area contributed by atoms with E-state index >= 15 is 0 Å². The lowest BCUT2D eigenvalue weighted by molar-refractivity contribution is 0.406. The van der Waals surface area contributed by atoms with Gasteiger partial charge >= 0.3 is 0 Å². The molecule has 0 aliphatic heterocycles. The Morgan fingerprint density at radius 1 is 1.18 bits per heavy atom. The Labute approximate surface area is 127 Å². The van der Waals surface area contributed by atoms with E-state index in [2.05, 4.69) is 4.98 Å². The molecule has 2 aromatic heterocycles. The summed E-state index contributed by atoms with van der Waals surface area (Å²) in [7, 11) is -2.14. The lowest BCUT2D eigenvalue weighted by atomic mass is 10.2. The molecule has 0 unspecified atom stereocenters. The SMILES string of the molecule is CN(Cc1ccco1)S(=O)(=O)c1ccc2[nH]c(=O)ccc2c1. The molecule has 114 valence electrons. The van der Waals surface area contributed by atoms with Gasteiger partial charge in [0, 0.05) is 18.6 Å². The number of rotatable bonds is 4. The molecule has 0 radical (unpaired) electrons. The quantitative estimate of drug-likeness (QED) is 0.797. The minimum atomic E-state index is -3.64. The molecule has 22 heavy (non-hydrogen) atoms. The number of fused-ring (bicyclic) bond motifs is 1. The third-order valence-corrected chi connectivity index (χ3v) is 5.16. The van der Waals surface area contributed by atoms with Crippen molar-refractivity contribution in [2.24, 2.45) is 0 Å². The highest BCUT2D eigenvalue weighted by molar-refractivity contribution is 7.89. The standard InChI is InChI=1S/C15H14N2O4S/c1-17(10-12-3-2-8-21-12)22(19,20)13-5-6-14-11(9-13)4-7-15(18)16-14/h2-9H,10H2,1H3,(H,16,18). The van der Waals surface area contributed by atoms with Gasteiger partial charge in [-0.05, 0) is 41.8 Å². The van der Waals surface area contributed by atoms with E-state index in [9.17, 15) is 13.2 Å². The first-order valence-corrected chi connectivity index (χ1v) is 8.03. The van der Waals surface area contributed by atoms with Crippen molar-refractivity contribution in [1.29, 1.82) is 0 Å². The van der Waals surface area contributed by atoms with Gasteiger partial charge < -0.3 is 9.40 Å². The topological polar surface area (TPSA) is 83.4 Å². The first-order valence-electron chi connectivity index (χ1n) is 6.59. The first kappa shape index (κ1) is 14.6. The van der Waals surface area contributed by atoms with Crippen molar-refractivity contribution in [3.8, 4) is 0 Å². The molecule has 0 spiro atoms. The third kappa shape index (κ3) is 2.68. The number of hydrogen-bond donors (Lipinski definition) is 1. The summed E-state index contributed by atoms with van der Waals surface area (Å²) >= 11 is 0. The van der Waals surface area contributed by atoms with Crippen LogP contribution < -0.4 is 5.56 Å². The van der Waals surface area contributed by atoms with E-state index in [1.54, 1.807) is 30.3 Å². The van der Waals surface area contributed by atoms with Crippen LogP contribution in [-0.2, 0) is 16.6 Å². The van der Waals surface area contributed by atoms with Gasteiger partial charge in [0.05, 0.1) is 17.7 Å². The lowest BCUT2D eigenvalue weighted by Crippen LogP contribution is -2.26. The third-order valence-electron chi connectivity index (χ3n) is 3.36. The maximum atomic E-state index is 12.6. The molecule has 6 nitrogen and oxygen atoms in total. The second-order valence-electron chi connectivity index (χ2n) is 4.91. The Bertz CT molecular complexity index is 959. The summed E-state index contributed by atoms with van der Waals surface area (Å²) < 4.78 is 31.6. The van der Waals surface area contributed by atoms with Crippen molar-refractivity contribution >= 4 is 20.9 Å². The lowest BCUT2D eigenvalue weighted by Gasteiger charge is -2.16. The van der Waals surface area contributed by atoms with Gasteiger partial charge in [-0.1, -0.05) is 0 Å². The van der Waals surface area contributed by atoms with Crippen LogP contribution in [0.15, 0.2) is 62.8 Å². The number of nitrogens with one attached hydrogen (secondary N) is 1. The van der Waals surface area contributed by atoms with Crippen molar-refractivity contribution < 1.29 is 12.8 Å². The van der Waals surface area contributed by atoms with Crippen LogP contribution in [0.2, 0.25) is 0 Å². The number of sulfonamides is 1. The van der Waals surface area contributed by atoms with Crippen molar-refractivity contribution in [3.05, 3.63) is 64.8 Å². The van der Waals surface area contributed by atoms with Gasteiger partial charge in [0.1, 0.15) is 5.76 Å². The predicted molar refractivity (Wildman–Crippen MR) is 81.9 cm³/mol. The average Bonchev–Trinajstić information content (AvgIpc) is 2.99. The fraction of sp³-hybridized carbons (Fsp3) is 0.133. The maximum absolute atomic E-state index is 12.6. The molecule has 1 N–H and O–H groups in total. The molecule has 3 aromatic rings. The summed E-state index contributed by atoms with van der Waals surface area (Å²) in [5.74, 6) is 0.566. The average molecular weight is 318 g/mol. The second-order valence-corrected chi connectivity index (χ2v) is 6.96. The van der Waals surface area contributed by atoms with Gasteiger partial charge in [0.25, 0.3) is 0 Å². The van der Waals surface area contributed by atoms with Crippen LogP contribution in [0.25, 0.3) is 10.9 Å². The minimum Gasteiger partial charge on any atom is -0.468 e. The zero-order valence-electron chi connectivity index (χ0n) is 11.8. The van der Waals surface area contributed by atoms with Crippen LogP contribution in [0.4, 0.5) is 0 Å². The van der Waals surface area contributed by atoms with Gasteiger partial charge in [0.15, 0.2) is 0 Å². The Hall–Kier alpha value is -2.38. The second kappa shape index (κ2) is 5.43. The highest BCUT2D eigenvalue weighted by Crippen LogP contribution is 2.20. The molecule has 7 heteroatoms. The summed E-state index contributed by atoms with van der Waals surface area (Å²) in [4.78, 5) is 14.1. The molecule has 0 amide bonds. The molecular formula is C15H14N2O4S. The van der Waals surface area contributed by atoms with E-state index in [0.29, 0.717) is 16.7 Å². The molecule has 2 heterocycles. The number of aromatic amines is 1. The largest absolute Gasteiger partial charge is 0.468 e. The molecule has 0 aliphatic rings. The van der Waals surface area contributed by atoms with Gasteiger partial charge in [-0.15, -0.1) is 0 Å². The van der Waals surface area contributed by atoms with Crippen molar-refractivity contribution in [2.75, 3.05) is 7.05 Å². The normalized spacial score (nSPS) is 12.1. The van der Waals surface area contributed by atoms with E-state index in [1.165, 1.54) is 29.7 Å². The summed E-state index contributed by atoms with van der Waals surface area (Å²) in [6, 6.07) is 11.0. The van der Waals surface area contributed by atoms with Crippen LogP contribution >= 0.6 is 0 Å². The van der Waals surface area contributed by atoms with E-state index in [4.69, 9.17) is 4.42 Å². The molecule has 0 saturated carbocycles. The van der Waals surface area contributed by atoms with Crippen molar-refractivity contribution in [1.82, 2.24) is 9.29 Å². The minimum absolute atomic E-state index is 0.152.